The summed E-state index contributed by atoms with van der Waals surface area (Å²) in [6, 6.07) is 32.6. The fourth-order valence-corrected chi connectivity index (χ4v) is 8.80. The van der Waals surface area contributed by atoms with Gasteiger partial charge in [-0.3, -0.25) is 24.1 Å². The van der Waals surface area contributed by atoms with Gasteiger partial charge in [0.25, 0.3) is 17.4 Å². The van der Waals surface area contributed by atoms with Gasteiger partial charge in [0.05, 0.1) is 11.0 Å². The number of hydrogen-bond acceptors (Lipinski definition) is 4. The summed E-state index contributed by atoms with van der Waals surface area (Å²) >= 11 is 0. The van der Waals surface area contributed by atoms with Crippen LogP contribution in [0.25, 0.3) is 103 Å². The van der Waals surface area contributed by atoms with E-state index in [1.54, 1.807) is 4.40 Å². The first-order valence-corrected chi connectivity index (χ1v) is 15.3. The zero-order chi connectivity index (χ0) is 30.2. The largest absolute Gasteiger partial charge is 0.288 e. The molecule has 0 unspecified atom stereocenters. The third-order valence-corrected chi connectivity index (χ3v) is 10.6. The maximum atomic E-state index is 14.1. The van der Waals surface area contributed by atoms with Crippen molar-refractivity contribution in [3.8, 4) is 0 Å². The van der Waals surface area contributed by atoms with E-state index >= 15 is 0 Å². The Hall–Kier alpha value is -6.40. The molecule has 0 atom stereocenters. The van der Waals surface area contributed by atoms with E-state index in [2.05, 4.69) is 47.8 Å². The second-order valence-electron chi connectivity index (χ2n) is 12.6. The van der Waals surface area contributed by atoms with Crippen molar-refractivity contribution in [1.29, 1.82) is 0 Å². The number of carbonyl (C=O) groups is 2. The number of benzene rings is 9. The molecule has 2 amide bonds. The van der Waals surface area contributed by atoms with Crippen molar-refractivity contribution in [1.82, 2.24) is 14.7 Å². The van der Waals surface area contributed by atoms with E-state index in [0.717, 1.165) is 86.4 Å². The molecule has 0 saturated carbocycles. The fourth-order valence-electron chi connectivity index (χ4n) is 8.80. The molecular formula is C40H17N3O3. The lowest BCUT2D eigenvalue weighted by Crippen LogP contribution is -2.34. The van der Waals surface area contributed by atoms with Crippen LogP contribution in [0.15, 0.2) is 102 Å². The van der Waals surface area contributed by atoms with Crippen molar-refractivity contribution in [2.75, 3.05) is 0 Å². The number of fused-ring (bicyclic) bond motifs is 8. The highest BCUT2D eigenvalue weighted by Gasteiger charge is 2.28. The molecule has 0 fully saturated rings. The molecule has 46 heavy (non-hydrogen) atoms. The summed E-state index contributed by atoms with van der Waals surface area (Å²) in [7, 11) is 0. The van der Waals surface area contributed by atoms with Crippen molar-refractivity contribution in [2.24, 2.45) is 0 Å². The molecule has 6 heteroatoms. The summed E-state index contributed by atoms with van der Waals surface area (Å²) in [5.74, 6) is -0.717. The van der Waals surface area contributed by atoms with Gasteiger partial charge in [-0.1, -0.05) is 60.7 Å². The summed E-state index contributed by atoms with van der Waals surface area (Å²) in [5.41, 5.74) is 3.30. The van der Waals surface area contributed by atoms with Gasteiger partial charge in [0.15, 0.2) is 0 Å². The Kier molecular flexibility index (Phi) is 3.65. The molecule has 1 aliphatic rings. The van der Waals surface area contributed by atoms with Crippen molar-refractivity contribution < 1.29 is 9.59 Å². The molecule has 11 aromatic rings. The Bertz CT molecular complexity index is 3220. The number of amides is 2. The van der Waals surface area contributed by atoms with E-state index in [4.69, 9.17) is 4.98 Å². The maximum Gasteiger partial charge on any atom is 0.264 e. The number of carbonyl (C=O) groups excluding carboxylic acids is 2. The maximum absolute atomic E-state index is 14.1. The lowest BCUT2D eigenvalue weighted by molar-refractivity contribution is 0.0845. The Balaban J connectivity index is 1.31. The molecule has 12 rings (SSSR count). The quantitative estimate of drug-likeness (QED) is 0.110. The molecule has 0 bridgehead atoms. The third-order valence-electron chi connectivity index (χ3n) is 10.6. The van der Waals surface area contributed by atoms with Crippen molar-refractivity contribution >= 4 is 115 Å². The zero-order valence-electron chi connectivity index (χ0n) is 23.9. The summed E-state index contributed by atoms with van der Waals surface area (Å²) in [5, 5.41) is 18.9. The molecule has 0 aliphatic carbocycles. The molecule has 2 aromatic heterocycles. The average molecular weight is 588 g/mol. The SMILES string of the molecule is O=C1NC(=O)c2ccc3c4ccc5c6ccc7c8c(ccc(c9ccc(c%10ccc1c2c%103)c4c95)c68)c(=O)n1c2ccccc2nc71. The first-order chi connectivity index (χ1) is 22.6. The molecule has 1 aliphatic heterocycles. The number of nitrogens with one attached hydrogen (secondary N) is 1. The van der Waals surface area contributed by atoms with Gasteiger partial charge in [0, 0.05) is 32.7 Å². The number of hydrogen-bond donors (Lipinski definition) is 1. The first kappa shape index (κ1) is 23.0. The summed E-state index contributed by atoms with van der Waals surface area (Å²) in [4.78, 5) is 44.7. The summed E-state index contributed by atoms with van der Waals surface area (Å²) in [6.07, 6.45) is 0. The lowest BCUT2D eigenvalue weighted by Gasteiger charge is -2.22. The second-order valence-corrected chi connectivity index (χ2v) is 12.6. The molecule has 3 heterocycles. The standard InChI is InChI=1S/C40H17N3O3/c44-38-26-14-10-22-18-6-5-17-21-9-13-25-35-28(40(46)43-30-4-2-1-3-29(30)41-37(25)43)16-12-24(33(21)35)20-8-7-19(32(18)31(17)20)23-11-15-27(39(45)42-38)36(26)34(22)23/h1-16H,(H,42,44,45). The highest BCUT2D eigenvalue weighted by atomic mass is 16.2. The molecular weight excluding hydrogens is 570 g/mol. The van der Waals surface area contributed by atoms with Crippen molar-refractivity contribution in [3.63, 3.8) is 0 Å². The van der Waals surface area contributed by atoms with Crippen LogP contribution < -0.4 is 10.9 Å². The Labute approximate surface area is 257 Å². The van der Waals surface area contributed by atoms with Crippen LogP contribution in [-0.2, 0) is 0 Å². The van der Waals surface area contributed by atoms with E-state index in [1.807, 2.05) is 54.6 Å². The Morgan fingerprint density at radius 2 is 0.848 bits per heavy atom. The van der Waals surface area contributed by atoms with Crippen LogP contribution in [0.4, 0.5) is 0 Å². The van der Waals surface area contributed by atoms with Crippen LogP contribution in [-0.4, -0.2) is 21.2 Å². The molecule has 0 radical (unpaired) electrons. The van der Waals surface area contributed by atoms with Crippen LogP contribution in [0.5, 0.6) is 0 Å². The molecule has 0 saturated heterocycles. The second kappa shape index (κ2) is 7.28. The molecule has 6 nitrogen and oxygen atoms in total. The minimum atomic E-state index is -0.358. The van der Waals surface area contributed by atoms with Gasteiger partial charge in [-0.05, 0) is 101 Å². The molecule has 0 spiro atoms. The van der Waals surface area contributed by atoms with E-state index in [-0.39, 0.29) is 17.4 Å². The number of imidazole rings is 1. The third kappa shape index (κ3) is 2.34. The van der Waals surface area contributed by atoms with Gasteiger partial charge < -0.3 is 0 Å². The normalized spacial score (nSPS) is 14.0. The lowest BCUT2D eigenvalue weighted by atomic mass is 9.82. The van der Waals surface area contributed by atoms with E-state index in [0.29, 0.717) is 22.2 Å². The highest BCUT2D eigenvalue weighted by Crippen LogP contribution is 2.49. The van der Waals surface area contributed by atoms with Crippen LogP contribution >= 0.6 is 0 Å². The Morgan fingerprint density at radius 3 is 1.39 bits per heavy atom. The van der Waals surface area contributed by atoms with Crippen LogP contribution in [0.1, 0.15) is 20.7 Å². The van der Waals surface area contributed by atoms with E-state index in [1.165, 1.54) is 5.39 Å². The smallest absolute Gasteiger partial charge is 0.264 e. The number of imide groups is 1. The van der Waals surface area contributed by atoms with Crippen LogP contribution in [0, 0.1) is 0 Å². The monoisotopic (exact) mass is 587 g/mol. The average Bonchev–Trinajstić information content (AvgIpc) is 3.48. The molecule has 9 aromatic carbocycles. The number of aromatic nitrogens is 2. The van der Waals surface area contributed by atoms with Crippen LogP contribution in [0.2, 0.25) is 0 Å². The van der Waals surface area contributed by atoms with E-state index in [9.17, 15) is 14.4 Å². The minimum absolute atomic E-state index is 0.0558. The van der Waals surface area contributed by atoms with Gasteiger partial charge >= 0.3 is 0 Å². The predicted octanol–water partition coefficient (Wildman–Crippen LogP) is 8.27. The molecule has 1 N–H and O–H groups in total. The number of pyridine rings is 1. The van der Waals surface area contributed by atoms with Crippen molar-refractivity contribution in [2.45, 2.75) is 0 Å². The van der Waals surface area contributed by atoms with Gasteiger partial charge in [-0.2, -0.15) is 0 Å². The fraction of sp³-hybridized carbons (Fsp3) is 0. The van der Waals surface area contributed by atoms with Gasteiger partial charge in [-0.25, -0.2) is 4.98 Å². The number of rotatable bonds is 0. The minimum Gasteiger partial charge on any atom is -0.288 e. The summed E-state index contributed by atoms with van der Waals surface area (Å²) < 4.78 is 1.75. The van der Waals surface area contributed by atoms with E-state index < -0.39 is 0 Å². The van der Waals surface area contributed by atoms with Crippen LogP contribution in [0.3, 0.4) is 0 Å². The Morgan fingerprint density at radius 1 is 0.435 bits per heavy atom. The number of nitrogens with zero attached hydrogens (tertiary/aromatic N) is 2. The van der Waals surface area contributed by atoms with Gasteiger partial charge in [-0.15, -0.1) is 0 Å². The first-order valence-electron chi connectivity index (χ1n) is 15.3. The zero-order valence-corrected chi connectivity index (χ0v) is 23.9. The highest BCUT2D eigenvalue weighted by molar-refractivity contribution is 6.45. The predicted molar refractivity (Wildman–Crippen MR) is 184 cm³/mol. The summed E-state index contributed by atoms with van der Waals surface area (Å²) in [6.45, 7) is 0. The molecule has 210 valence electrons. The van der Waals surface area contributed by atoms with Gasteiger partial charge in [0.2, 0.25) is 0 Å². The topological polar surface area (TPSA) is 80.5 Å². The van der Waals surface area contributed by atoms with Crippen molar-refractivity contribution in [3.05, 3.63) is 119 Å². The number of para-hydroxylation sites is 2. The van der Waals surface area contributed by atoms with Gasteiger partial charge in [0.1, 0.15) is 5.65 Å².